The number of hydrogen-bond acceptors (Lipinski definition) is 5. The lowest BCUT2D eigenvalue weighted by atomic mass is 10.2. The third kappa shape index (κ3) is 4.69. The molecular weight excluding hydrogens is 246 g/mol. The van der Waals surface area contributed by atoms with Gasteiger partial charge in [0.2, 0.25) is 0 Å². The van der Waals surface area contributed by atoms with Crippen molar-refractivity contribution >= 4 is 11.7 Å². The molecule has 1 aromatic rings. The van der Waals surface area contributed by atoms with Gasteiger partial charge in [0.25, 0.3) is 0 Å². The first-order valence-corrected chi connectivity index (χ1v) is 6.13. The van der Waals surface area contributed by atoms with Gasteiger partial charge in [-0.3, -0.25) is 4.79 Å². The molecule has 0 aromatic heterocycles. The van der Waals surface area contributed by atoms with E-state index in [-0.39, 0.29) is 5.97 Å². The fourth-order valence-electron chi connectivity index (χ4n) is 1.60. The average molecular weight is 267 g/mol. The SMILES string of the molecule is COC(=O)CCCOc1ccc(OC)cc1N(C)C. The molecule has 0 saturated carbocycles. The highest BCUT2D eigenvalue weighted by Crippen LogP contribution is 2.31. The molecule has 0 heterocycles. The van der Waals surface area contributed by atoms with E-state index in [1.165, 1.54) is 7.11 Å². The minimum atomic E-state index is -0.217. The first-order chi connectivity index (χ1) is 9.08. The van der Waals surface area contributed by atoms with Gasteiger partial charge in [-0.1, -0.05) is 0 Å². The zero-order valence-electron chi connectivity index (χ0n) is 11.9. The summed E-state index contributed by atoms with van der Waals surface area (Å²) < 4.78 is 15.5. The third-order valence-electron chi connectivity index (χ3n) is 2.66. The highest BCUT2D eigenvalue weighted by molar-refractivity contribution is 5.69. The van der Waals surface area contributed by atoms with E-state index in [0.717, 1.165) is 17.2 Å². The zero-order valence-corrected chi connectivity index (χ0v) is 11.9. The van der Waals surface area contributed by atoms with Crippen molar-refractivity contribution < 1.29 is 19.0 Å². The van der Waals surface area contributed by atoms with Crippen molar-refractivity contribution in [1.82, 2.24) is 0 Å². The van der Waals surface area contributed by atoms with Gasteiger partial charge in [0, 0.05) is 26.6 Å². The number of methoxy groups -OCH3 is 2. The number of carbonyl (C=O) groups is 1. The number of benzene rings is 1. The molecular formula is C14H21NO4. The summed E-state index contributed by atoms with van der Waals surface area (Å²) in [7, 11) is 6.90. The summed E-state index contributed by atoms with van der Waals surface area (Å²) in [6, 6.07) is 5.63. The molecule has 106 valence electrons. The van der Waals surface area contributed by atoms with Crippen molar-refractivity contribution in [3.8, 4) is 11.5 Å². The molecule has 0 aliphatic carbocycles. The molecule has 1 rings (SSSR count). The van der Waals surface area contributed by atoms with E-state index in [2.05, 4.69) is 4.74 Å². The lowest BCUT2D eigenvalue weighted by Gasteiger charge is -2.18. The zero-order chi connectivity index (χ0) is 14.3. The summed E-state index contributed by atoms with van der Waals surface area (Å²) >= 11 is 0. The van der Waals surface area contributed by atoms with Crippen LogP contribution in [-0.2, 0) is 9.53 Å². The average Bonchev–Trinajstić information content (AvgIpc) is 2.43. The predicted molar refractivity (Wildman–Crippen MR) is 74.1 cm³/mol. The predicted octanol–water partition coefficient (Wildman–Crippen LogP) is 2.09. The van der Waals surface area contributed by atoms with Crippen LogP contribution in [0.15, 0.2) is 18.2 Å². The molecule has 0 fully saturated rings. The van der Waals surface area contributed by atoms with Crippen molar-refractivity contribution in [2.45, 2.75) is 12.8 Å². The second kappa shape index (κ2) is 7.51. The monoisotopic (exact) mass is 267 g/mol. The topological polar surface area (TPSA) is 48.0 Å². The number of nitrogens with zero attached hydrogens (tertiary/aromatic N) is 1. The normalized spacial score (nSPS) is 9.89. The van der Waals surface area contributed by atoms with E-state index >= 15 is 0 Å². The molecule has 0 aliphatic heterocycles. The molecule has 0 radical (unpaired) electrons. The maximum absolute atomic E-state index is 11.0. The van der Waals surface area contributed by atoms with Gasteiger partial charge in [0.1, 0.15) is 11.5 Å². The Kier molecular flexibility index (Phi) is 5.99. The standard InChI is InChI=1S/C14H21NO4/c1-15(2)12-10-11(17-3)7-8-13(12)19-9-5-6-14(16)18-4/h7-8,10H,5-6,9H2,1-4H3. The minimum Gasteiger partial charge on any atom is -0.497 e. The highest BCUT2D eigenvalue weighted by Gasteiger charge is 2.08. The van der Waals surface area contributed by atoms with Crippen LogP contribution in [0.5, 0.6) is 11.5 Å². The van der Waals surface area contributed by atoms with Gasteiger partial charge in [-0.15, -0.1) is 0 Å². The van der Waals surface area contributed by atoms with Gasteiger partial charge < -0.3 is 19.1 Å². The summed E-state index contributed by atoms with van der Waals surface area (Å²) in [5, 5.41) is 0. The number of esters is 1. The van der Waals surface area contributed by atoms with Crippen molar-refractivity contribution in [1.29, 1.82) is 0 Å². The van der Waals surface area contributed by atoms with Crippen LogP contribution in [-0.4, -0.2) is 40.9 Å². The Hall–Kier alpha value is -1.91. The quantitative estimate of drug-likeness (QED) is 0.559. The molecule has 0 N–H and O–H groups in total. The third-order valence-corrected chi connectivity index (χ3v) is 2.66. The molecule has 19 heavy (non-hydrogen) atoms. The molecule has 5 nitrogen and oxygen atoms in total. The van der Waals surface area contributed by atoms with E-state index in [4.69, 9.17) is 9.47 Å². The van der Waals surface area contributed by atoms with Crippen LogP contribution >= 0.6 is 0 Å². The Morgan fingerprint density at radius 1 is 1.26 bits per heavy atom. The molecule has 0 saturated heterocycles. The number of anilines is 1. The Morgan fingerprint density at radius 2 is 2.00 bits per heavy atom. The van der Waals surface area contributed by atoms with Gasteiger partial charge in [0.15, 0.2) is 0 Å². The number of hydrogen-bond donors (Lipinski definition) is 0. The smallest absolute Gasteiger partial charge is 0.305 e. The first kappa shape index (κ1) is 15.1. The molecule has 0 bridgehead atoms. The number of ether oxygens (including phenoxy) is 3. The first-order valence-electron chi connectivity index (χ1n) is 6.13. The Morgan fingerprint density at radius 3 is 2.58 bits per heavy atom. The summed E-state index contributed by atoms with van der Waals surface area (Å²) in [6.45, 7) is 0.474. The van der Waals surface area contributed by atoms with Gasteiger partial charge in [0.05, 0.1) is 26.5 Å². The summed E-state index contributed by atoms with van der Waals surface area (Å²) in [5.74, 6) is 1.34. The lowest BCUT2D eigenvalue weighted by molar-refractivity contribution is -0.140. The maximum atomic E-state index is 11.0. The van der Waals surface area contributed by atoms with E-state index in [0.29, 0.717) is 19.4 Å². The largest absolute Gasteiger partial charge is 0.497 e. The molecule has 0 aliphatic rings. The summed E-state index contributed by atoms with van der Waals surface area (Å²) in [6.07, 6.45) is 0.996. The van der Waals surface area contributed by atoms with Crippen LogP contribution in [0.4, 0.5) is 5.69 Å². The Balaban J connectivity index is 2.59. The summed E-state index contributed by atoms with van der Waals surface area (Å²) in [4.78, 5) is 12.9. The molecule has 0 amide bonds. The number of carbonyl (C=O) groups excluding carboxylic acids is 1. The molecule has 1 aromatic carbocycles. The second-order valence-electron chi connectivity index (χ2n) is 4.26. The fourth-order valence-corrected chi connectivity index (χ4v) is 1.60. The van der Waals surface area contributed by atoms with E-state index in [1.54, 1.807) is 7.11 Å². The van der Waals surface area contributed by atoms with Crippen molar-refractivity contribution in [3.63, 3.8) is 0 Å². The minimum absolute atomic E-state index is 0.217. The highest BCUT2D eigenvalue weighted by atomic mass is 16.5. The molecule has 0 atom stereocenters. The van der Waals surface area contributed by atoms with E-state index in [9.17, 15) is 4.79 Å². The molecule has 0 unspecified atom stereocenters. The van der Waals surface area contributed by atoms with Gasteiger partial charge >= 0.3 is 5.97 Å². The second-order valence-corrected chi connectivity index (χ2v) is 4.26. The van der Waals surface area contributed by atoms with Gasteiger partial charge in [-0.25, -0.2) is 0 Å². The van der Waals surface area contributed by atoms with E-state index < -0.39 is 0 Å². The fraction of sp³-hybridized carbons (Fsp3) is 0.500. The van der Waals surface area contributed by atoms with Crippen LogP contribution in [0.2, 0.25) is 0 Å². The Bertz CT molecular complexity index is 418. The van der Waals surface area contributed by atoms with Crippen LogP contribution in [0, 0.1) is 0 Å². The van der Waals surface area contributed by atoms with Crippen molar-refractivity contribution in [2.75, 3.05) is 39.8 Å². The van der Waals surface area contributed by atoms with Gasteiger partial charge in [-0.2, -0.15) is 0 Å². The van der Waals surface area contributed by atoms with Crippen LogP contribution in [0.3, 0.4) is 0 Å². The van der Waals surface area contributed by atoms with Crippen LogP contribution < -0.4 is 14.4 Å². The van der Waals surface area contributed by atoms with E-state index in [1.807, 2.05) is 37.2 Å². The van der Waals surface area contributed by atoms with Crippen LogP contribution in [0.25, 0.3) is 0 Å². The van der Waals surface area contributed by atoms with Gasteiger partial charge in [-0.05, 0) is 18.6 Å². The maximum Gasteiger partial charge on any atom is 0.305 e. The number of rotatable bonds is 7. The Labute approximate surface area is 114 Å². The molecule has 0 spiro atoms. The van der Waals surface area contributed by atoms with Crippen molar-refractivity contribution in [2.24, 2.45) is 0 Å². The van der Waals surface area contributed by atoms with Crippen molar-refractivity contribution in [3.05, 3.63) is 18.2 Å². The van der Waals surface area contributed by atoms with Crippen LogP contribution in [0.1, 0.15) is 12.8 Å². The lowest BCUT2D eigenvalue weighted by Crippen LogP contribution is -2.12. The summed E-state index contributed by atoms with van der Waals surface area (Å²) in [5.41, 5.74) is 0.942. The molecule has 5 heteroatoms.